The number of aromatic nitrogens is 2. The van der Waals surface area contributed by atoms with Gasteiger partial charge < -0.3 is 16.0 Å². The summed E-state index contributed by atoms with van der Waals surface area (Å²) in [6, 6.07) is 0. The van der Waals surface area contributed by atoms with Gasteiger partial charge in [0.15, 0.2) is 0 Å². The van der Waals surface area contributed by atoms with Crippen molar-refractivity contribution in [3.05, 3.63) is 18.2 Å². The summed E-state index contributed by atoms with van der Waals surface area (Å²) in [5, 5.41) is 2.91. The van der Waals surface area contributed by atoms with Gasteiger partial charge in [-0.1, -0.05) is 19.3 Å². The number of amides is 1. The van der Waals surface area contributed by atoms with Crippen LogP contribution in [0, 0.1) is 0 Å². The van der Waals surface area contributed by atoms with E-state index in [9.17, 15) is 4.79 Å². The topological polar surface area (TPSA) is 83.8 Å². The molecule has 1 aliphatic rings. The molecular formula is C12H20N4O. The van der Waals surface area contributed by atoms with Gasteiger partial charge in [0.2, 0.25) is 5.91 Å². The molecule has 0 bridgehead atoms. The summed E-state index contributed by atoms with van der Waals surface area (Å²) < 4.78 is 0. The van der Waals surface area contributed by atoms with E-state index in [1.807, 2.05) is 0 Å². The SMILES string of the molecule is NC1(C(=O)NCCc2ncc[nH]2)CCCCC1. The number of rotatable bonds is 4. The molecule has 0 saturated heterocycles. The minimum atomic E-state index is -0.637. The number of imidazole rings is 1. The molecule has 0 spiro atoms. The van der Waals surface area contributed by atoms with Crippen LogP contribution in [0.4, 0.5) is 0 Å². The second-order valence-corrected chi connectivity index (χ2v) is 4.76. The van der Waals surface area contributed by atoms with Gasteiger partial charge in [-0.15, -0.1) is 0 Å². The Bertz CT molecular complexity index is 355. The molecule has 17 heavy (non-hydrogen) atoms. The van der Waals surface area contributed by atoms with Gasteiger partial charge in [-0.3, -0.25) is 4.79 Å². The van der Waals surface area contributed by atoms with E-state index in [0.717, 1.165) is 37.9 Å². The van der Waals surface area contributed by atoms with E-state index in [0.29, 0.717) is 6.54 Å². The Hall–Kier alpha value is -1.36. The summed E-state index contributed by atoms with van der Waals surface area (Å²) in [6.45, 7) is 0.589. The highest BCUT2D eigenvalue weighted by atomic mass is 16.2. The molecule has 1 fully saturated rings. The Labute approximate surface area is 101 Å². The fourth-order valence-corrected chi connectivity index (χ4v) is 2.31. The highest BCUT2D eigenvalue weighted by Gasteiger charge is 2.34. The Morgan fingerprint density at radius 1 is 1.47 bits per heavy atom. The molecule has 2 rings (SSSR count). The summed E-state index contributed by atoms with van der Waals surface area (Å²) in [6.07, 6.45) is 9.13. The molecule has 1 aromatic rings. The van der Waals surface area contributed by atoms with Crippen LogP contribution in [0.5, 0.6) is 0 Å². The fraction of sp³-hybridized carbons (Fsp3) is 0.667. The Balaban J connectivity index is 1.76. The monoisotopic (exact) mass is 236 g/mol. The molecule has 0 aromatic carbocycles. The van der Waals surface area contributed by atoms with Crippen LogP contribution in [-0.2, 0) is 11.2 Å². The molecule has 1 saturated carbocycles. The third kappa shape index (κ3) is 3.06. The van der Waals surface area contributed by atoms with E-state index >= 15 is 0 Å². The predicted octanol–water partition coefficient (Wildman–Crippen LogP) is 0.730. The number of H-pyrrole nitrogens is 1. The Kier molecular flexibility index (Phi) is 3.78. The van der Waals surface area contributed by atoms with Crippen molar-refractivity contribution < 1.29 is 4.79 Å². The molecule has 94 valence electrons. The Morgan fingerprint density at radius 2 is 2.24 bits per heavy atom. The lowest BCUT2D eigenvalue weighted by Crippen LogP contribution is -2.55. The van der Waals surface area contributed by atoms with Gasteiger partial charge in [-0.05, 0) is 12.8 Å². The van der Waals surface area contributed by atoms with E-state index in [4.69, 9.17) is 5.73 Å². The molecular weight excluding hydrogens is 216 g/mol. The lowest BCUT2D eigenvalue weighted by Gasteiger charge is -2.31. The van der Waals surface area contributed by atoms with Gasteiger partial charge in [-0.2, -0.15) is 0 Å². The molecule has 5 heteroatoms. The first kappa shape index (κ1) is 12.1. The molecule has 4 N–H and O–H groups in total. The normalized spacial score (nSPS) is 18.9. The number of hydrogen-bond donors (Lipinski definition) is 3. The van der Waals surface area contributed by atoms with Crippen molar-refractivity contribution in [1.29, 1.82) is 0 Å². The first-order valence-corrected chi connectivity index (χ1v) is 6.26. The van der Waals surface area contributed by atoms with Crippen molar-refractivity contribution in [2.24, 2.45) is 5.73 Å². The van der Waals surface area contributed by atoms with Crippen LogP contribution >= 0.6 is 0 Å². The smallest absolute Gasteiger partial charge is 0.240 e. The van der Waals surface area contributed by atoms with Crippen molar-refractivity contribution in [1.82, 2.24) is 15.3 Å². The van der Waals surface area contributed by atoms with E-state index in [1.165, 1.54) is 6.42 Å². The number of carbonyl (C=O) groups is 1. The first-order valence-electron chi connectivity index (χ1n) is 6.26. The standard InChI is InChI=1S/C12H20N4O/c13-12(5-2-1-3-6-12)11(17)16-7-4-10-14-8-9-15-10/h8-9H,1-7,13H2,(H,14,15)(H,16,17). The predicted molar refractivity (Wildman–Crippen MR) is 65.3 cm³/mol. The third-order valence-electron chi connectivity index (χ3n) is 3.40. The van der Waals surface area contributed by atoms with E-state index in [1.54, 1.807) is 12.4 Å². The van der Waals surface area contributed by atoms with Gasteiger partial charge in [-0.25, -0.2) is 4.98 Å². The lowest BCUT2D eigenvalue weighted by atomic mass is 9.82. The van der Waals surface area contributed by atoms with Gasteiger partial charge in [0, 0.05) is 25.4 Å². The van der Waals surface area contributed by atoms with Gasteiger partial charge >= 0.3 is 0 Å². The molecule has 0 aliphatic heterocycles. The summed E-state index contributed by atoms with van der Waals surface area (Å²) in [7, 11) is 0. The number of nitrogens with zero attached hydrogens (tertiary/aromatic N) is 1. The molecule has 1 aliphatic carbocycles. The van der Waals surface area contributed by atoms with Crippen LogP contribution in [0.25, 0.3) is 0 Å². The highest BCUT2D eigenvalue weighted by molar-refractivity contribution is 5.86. The highest BCUT2D eigenvalue weighted by Crippen LogP contribution is 2.25. The Morgan fingerprint density at radius 3 is 2.88 bits per heavy atom. The summed E-state index contributed by atoms with van der Waals surface area (Å²) in [4.78, 5) is 19.1. The number of nitrogens with two attached hydrogens (primary N) is 1. The third-order valence-corrected chi connectivity index (χ3v) is 3.40. The van der Waals surface area contributed by atoms with Crippen molar-refractivity contribution in [3.8, 4) is 0 Å². The van der Waals surface area contributed by atoms with Crippen LogP contribution < -0.4 is 11.1 Å². The fourth-order valence-electron chi connectivity index (χ4n) is 2.31. The van der Waals surface area contributed by atoms with Gasteiger partial charge in [0.1, 0.15) is 5.82 Å². The van der Waals surface area contributed by atoms with Crippen LogP contribution in [0.1, 0.15) is 37.9 Å². The zero-order valence-electron chi connectivity index (χ0n) is 10.0. The maximum atomic E-state index is 12.0. The number of hydrogen-bond acceptors (Lipinski definition) is 3. The van der Waals surface area contributed by atoms with E-state index in [2.05, 4.69) is 15.3 Å². The molecule has 0 unspecified atom stereocenters. The number of nitrogens with one attached hydrogen (secondary N) is 2. The van der Waals surface area contributed by atoms with Crippen molar-refractivity contribution in [2.45, 2.75) is 44.1 Å². The van der Waals surface area contributed by atoms with Crippen molar-refractivity contribution in [3.63, 3.8) is 0 Å². The minimum absolute atomic E-state index is 0.0104. The molecule has 5 nitrogen and oxygen atoms in total. The summed E-state index contributed by atoms with van der Waals surface area (Å²) in [5.41, 5.74) is 5.49. The van der Waals surface area contributed by atoms with Gasteiger partial charge in [0.25, 0.3) is 0 Å². The molecule has 1 heterocycles. The minimum Gasteiger partial charge on any atom is -0.354 e. The quantitative estimate of drug-likeness (QED) is 0.720. The van der Waals surface area contributed by atoms with Crippen molar-refractivity contribution in [2.75, 3.05) is 6.54 Å². The molecule has 0 atom stereocenters. The molecule has 1 amide bonds. The molecule has 0 radical (unpaired) electrons. The summed E-state index contributed by atoms with van der Waals surface area (Å²) >= 11 is 0. The number of aromatic amines is 1. The van der Waals surface area contributed by atoms with Crippen molar-refractivity contribution >= 4 is 5.91 Å². The first-order chi connectivity index (χ1) is 8.21. The zero-order valence-corrected chi connectivity index (χ0v) is 10.0. The summed E-state index contributed by atoms with van der Waals surface area (Å²) in [5.74, 6) is 0.878. The second-order valence-electron chi connectivity index (χ2n) is 4.76. The average Bonchev–Trinajstić information content (AvgIpc) is 2.83. The lowest BCUT2D eigenvalue weighted by molar-refractivity contribution is -0.127. The number of carbonyl (C=O) groups excluding carboxylic acids is 1. The average molecular weight is 236 g/mol. The zero-order chi connectivity index (χ0) is 12.1. The van der Waals surface area contributed by atoms with Crippen LogP contribution in [0.15, 0.2) is 12.4 Å². The van der Waals surface area contributed by atoms with E-state index in [-0.39, 0.29) is 5.91 Å². The maximum Gasteiger partial charge on any atom is 0.240 e. The van der Waals surface area contributed by atoms with Crippen LogP contribution in [-0.4, -0.2) is 28.0 Å². The van der Waals surface area contributed by atoms with E-state index < -0.39 is 5.54 Å². The largest absolute Gasteiger partial charge is 0.354 e. The maximum absolute atomic E-state index is 12.0. The van der Waals surface area contributed by atoms with Crippen LogP contribution in [0.2, 0.25) is 0 Å². The van der Waals surface area contributed by atoms with Gasteiger partial charge in [0.05, 0.1) is 5.54 Å². The van der Waals surface area contributed by atoms with Crippen LogP contribution in [0.3, 0.4) is 0 Å². The second kappa shape index (κ2) is 5.31. The molecule has 1 aromatic heterocycles.